The molecule has 21 heavy (non-hydrogen) atoms. The molecule has 0 aliphatic carbocycles. The first-order valence-electron chi connectivity index (χ1n) is 6.79. The lowest BCUT2D eigenvalue weighted by atomic mass is 10.0. The second-order valence-corrected chi connectivity index (χ2v) is 4.94. The summed E-state index contributed by atoms with van der Waals surface area (Å²) in [5.41, 5.74) is 1.52. The van der Waals surface area contributed by atoms with Crippen LogP contribution in [-0.4, -0.2) is 5.11 Å². The average molecular weight is 278 g/mol. The summed E-state index contributed by atoms with van der Waals surface area (Å²) in [4.78, 5) is 12.1. The Balaban J connectivity index is 2.40. The fraction of sp³-hybridized carbons (Fsp3) is 0.167. The lowest BCUT2D eigenvalue weighted by molar-refractivity contribution is 0.469. The molecule has 0 atom stereocenters. The highest BCUT2D eigenvalue weighted by Gasteiger charge is 2.10. The zero-order valence-electron chi connectivity index (χ0n) is 11.9. The summed E-state index contributed by atoms with van der Waals surface area (Å²) < 4.78 is 5.31. The summed E-state index contributed by atoms with van der Waals surface area (Å²) in [5, 5.41) is 11.9. The lowest BCUT2D eigenvalue weighted by Gasteiger charge is -2.05. The van der Waals surface area contributed by atoms with E-state index < -0.39 is 5.63 Å². The number of hydrogen-bond acceptors (Lipinski definition) is 3. The van der Waals surface area contributed by atoms with E-state index in [1.165, 1.54) is 6.07 Å². The quantitative estimate of drug-likeness (QED) is 0.387. The van der Waals surface area contributed by atoms with Crippen LogP contribution in [0.3, 0.4) is 0 Å². The van der Waals surface area contributed by atoms with Crippen molar-refractivity contribution in [3.8, 4) is 17.6 Å². The number of fused-ring (bicyclic) bond motifs is 3. The maximum Gasteiger partial charge on any atom is 0.344 e. The topological polar surface area (TPSA) is 50.4 Å². The van der Waals surface area contributed by atoms with Crippen LogP contribution in [0.1, 0.15) is 24.5 Å². The van der Waals surface area contributed by atoms with Crippen molar-refractivity contribution < 1.29 is 9.52 Å². The second kappa shape index (κ2) is 4.99. The summed E-state index contributed by atoms with van der Waals surface area (Å²) in [6.45, 7) is 3.79. The van der Waals surface area contributed by atoms with Gasteiger partial charge in [-0.15, -0.1) is 0 Å². The largest absolute Gasteiger partial charge is 0.508 e. The first kappa shape index (κ1) is 13.3. The SMILES string of the molecule is CCC#Cc1ccc2c(c1)c(=O)oc1cc(O)c(C)cc12. The number of aromatic hydroxyl groups is 1. The van der Waals surface area contributed by atoms with Crippen molar-refractivity contribution in [3.63, 3.8) is 0 Å². The van der Waals surface area contributed by atoms with Crippen LogP contribution in [0.25, 0.3) is 21.7 Å². The minimum absolute atomic E-state index is 0.121. The molecule has 0 amide bonds. The molecule has 0 bridgehead atoms. The summed E-state index contributed by atoms with van der Waals surface area (Å²) in [6.07, 6.45) is 0.767. The van der Waals surface area contributed by atoms with E-state index in [2.05, 4.69) is 11.8 Å². The van der Waals surface area contributed by atoms with E-state index in [1.54, 1.807) is 6.07 Å². The van der Waals surface area contributed by atoms with Crippen LogP contribution < -0.4 is 5.63 Å². The number of hydrogen-bond donors (Lipinski definition) is 1. The molecule has 1 heterocycles. The number of aryl methyl sites for hydroxylation is 1. The Morgan fingerprint density at radius 2 is 1.95 bits per heavy atom. The zero-order valence-corrected chi connectivity index (χ0v) is 11.9. The predicted octanol–water partition coefficient (Wildman–Crippen LogP) is 3.72. The van der Waals surface area contributed by atoms with Crippen LogP contribution in [0.4, 0.5) is 0 Å². The molecular formula is C18H14O3. The van der Waals surface area contributed by atoms with Gasteiger partial charge in [0.1, 0.15) is 11.3 Å². The number of phenolic OH excluding ortho intramolecular Hbond substituents is 1. The van der Waals surface area contributed by atoms with Crippen LogP contribution in [0.5, 0.6) is 5.75 Å². The molecule has 3 rings (SSSR count). The third kappa shape index (κ3) is 2.25. The van der Waals surface area contributed by atoms with Gasteiger partial charge in [-0.3, -0.25) is 0 Å². The molecule has 104 valence electrons. The molecule has 0 fully saturated rings. The van der Waals surface area contributed by atoms with Crippen LogP contribution in [-0.2, 0) is 0 Å². The fourth-order valence-corrected chi connectivity index (χ4v) is 2.34. The molecule has 0 aliphatic heterocycles. The van der Waals surface area contributed by atoms with Crippen molar-refractivity contribution in [1.82, 2.24) is 0 Å². The Bertz CT molecular complexity index is 969. The molecule has 1 N–H and O–H groups in total. The van der Waals surface area contributed by atoms with E-state index in [4.69, 9.17) is 4.42 Å². The average Bonchev–Trinajstić information content (AvgIpc) is 2.47. The third-order valence-electron chi connectivity index (χ3n) is 3.44. The Hall–Kier alpha value is -2.73. The maximum absolute atomic E-state index is 12.1. The minimum Gasteiger partial charge on any atom is -0.508 e. The molecule has 3 nitrogen and oxygen atoms in total. The summed E-state index contributed by atoms with van der Waals surface area (Å²) >= 11 is 0. The van der Waals surface area contributed by atoms with E-state index in [0.29, 0.717) is 11.0 Å². The standard InChI is InChI=1S/C18H14O3/c1-3-4-5-12-6-7-13-14-8-11(2)16(19)10-17(14)21-18(20)15(13)9-12/h6-10,19H,3H2,1-2H3. The molecule has 0 radical (unpaired) electrons. The van der Waals surface area contributed by atoms with Crippen molar-refractivity contribution >= 4 is 21.7 Å². The van der Waals surface area contributed by atoms with Crippen molar-refractivity contribution in [2.45, 2.75) is 20.3 Å². The highest BCUT2D eigenvalue weighted by atomic mass is 16.4. The smallest absolute Gasteiger partial charge is 0.344 e. The van der Waals surface area contributed by atoms with Gasteiger partial charge in [0, 0.05) is 28.8 Å². The monoisotopic (exact) mass is 278 g/mol. The molecule has 3 aromatic rings. The zero-order chi connectivity index (χ0) is 15.0. The predicted molar refractivity (Wildman–Crippen MR) is 83.6 cm³/mol. The number of rotatable bonds is 0. The Kier molecular flexibility index (Phi) is 3.15. The molecule has 2 aromatic carbocycles. The Morgan fingerprint density at radius 1 is 1.14 bits per heavy atom. The lowest BCUT2D eigenvalue weighted by Crippen LogP contribution is -2.00. The first-order valence-corrected chi connectivity index (χ1v) is 6.79. The first-order chi connectivity index (χ1) is 10.1. The van der Waals surface area contributed by atoms with Gasteiger partial charge in [-0.2, -0.15) is 0 Å². The third-order valence-corrected chi connectivity index (χ3v) is 3.44. The highest BCUT2D eigenvalue weighted by molar-refractivity contribution is 6.05. The van der Waals surface area contributed by atoms with Crippen molar-refractivity contribution in [3.05, 3.63) is 51.9 Å². The molecular weight excluding hydrogens is 264 g/mol. The molecule has 0 saturated heterocycles. The normalized spacial score (nSPS) is 10.6. The van der Waals surface area contributed by atoms with Crippen molar-refractivity contribution in [2.75, 3.05) is 0 Å². The molecule has 0 spiro atoms. The second-order valence-electron chi connectivity index (χ2n) is 4.94. The van der Waals surface area contributed by atoms with Gasteiger partial charge in [0.25, 0.3) is 0 Å². The van der Waals surface area contributed by atoms with E-state index in [9.17, 15) is 9.90 Å². The minimum atomic E-state index is -0.416. The van der Waals surface area contributed by atoms with Gasteiger partial charge in [0.2, 0.25) is 0 Å². The van der Waals surface area contributed by atoms with Gasteiger partial charge in [0.05, 0.1) is 5.39 Å². The van der Waals surface area contributed by atoms with Crippen LogP contribution >= 0.6 is 0 Å². The molecule has 0 saturated carbocycles. The van der Waals surface area contributed by atoms with E-state index in [-0.39, 0.29) is 5.75 Å². The summed E-state index contributed by atoms with van der Waals surface area (Å²) in [5.74, 6) is 6.12. The maximum atomic E-state index is 12.1. The van der Waals surface area contributed by atoms with Crippen LogP contribution in [0.2, 0.25) is 0 Å². The van der Waals surface area contributed by atoms with Crippen molar-refractivity contribution in [1.29, 1.82) is 0 Å². The van der Waals surface area contributed by atoms with Gasteiger partial charge in [-0.25, -0.2) is 4.79 Å². The van der Waals surface area contributed by atoms with Gasteiger partial charge in [-0.1, -0.05) is 24.8 Å². The van der Waals surface area contributed by atoms with Gasteiger partial charge in [-0.05, 0) is 30.7 Å². The fourth-order valence-electron chi connectivity index (χ4n) is 2.34. The van der Waals surface area contributed by atoms with E-state index >= 15 is 0 Å². The van der Waals surface area contributed by atoms with Gasteiger partial charge >= 0.3 is 5.63 Å². The van der Waals surface area contributed by atoms with Crippen LogP contribution in [0, 0.1) is 18.8 Å². The molecule has 0 unspecified atom stereocenters. The Morgan fingerprint density at radius 3 is 2.71 bits per heavy atom. The van der Waals surface area contributed by atoms with Crippen LogP contribution in [0.15, 0.2) is 39.5 Å². The highest BCUT2D eigenvalue weighted by Crippen LogP contribution is 2.29. The van der Waals surface area contributed by atoms with E-state index in [1.807, 2.05) is 32.0 Å². The van der Waals surface area contributed by atoms with Crippen molar-refractivity contribution in [2.24, 2.45) is 0 Å². The molecule has 1 aromatic heterocycles. The number of benzene rings is 2. The summed E-state index contributed by atoms with van der Waals surface area (Å²) in [7, 11) is 0. The van der Waals surface area contributed by atoms with Gasteiger partial charge in [0.15, 0.2) is 0 Å². The molecule has 0 aliphatic rings. The van der Waals surface area contributed by atoms with E-state index in [0.717, 1.165) is 28.3 Å². The Labute approximate surface area is 121 Å². The number of phenols is 1. The summed E-state index contributed by atoms with van der Waals surface area (Å²) in [6, 6.07) is 8.84. The van der Waals surface area contributed by atoms with Gasteiger partial charge < -0.3 is 9.52 Å². The molecule has 3 heteroatoms.